The van der Waals surface area contributed by atoms with Crippen LogP contribution in [0.4, 0.5) is 0 Å². The molecule has 0 aliphatic heterocycles. The van der Waals surface area contributed by atoms with Gasteiger partial charge in [0.15, 0.2) is 0 Å². The lowest BCUT2D eigenvalue weighted by Crippen LogP contribution is -2.41. The number of nitrogens with one attached hydrogen (secondary N) is 1. The van der Waals surface area contributed by atoms with Crippen molar-refractivity contribution in [2.75, 3.05) is 12.8 Å². The molecule has 6 nitrogen and oxygen atoms in total. The van der Waals surface area contributed by atoms with Gasteiger partial charge < -0.3 is 5.32 Å². The van der Waals surface area contributed by atoms with Gasteiger partial charge in [0.25, 0.3) is 0 Å². The summed E-state index contributed by atoms with van der Waals surface area (Å²) in [6, 6.07) is 5.56. The van der Waals surface area contributed by atoms with E-state index in [0.29, 0.717) is 6.54 Å². The molecule has 1 aliphatic carbocycles. The van der Waals surface area contributed by atoms with Crippen molar-refractivity contribution >= 4 is 15.9 Å². The molecule has 1 N–H and O–H groups in total. The van der Waals surface area contributed by atoms with E-state index in [9.17, 15) is 13.2 Å². The van der Waals surface area contributed by atoms with Crippen molar-refractivity contribution in [1.82, 2.24) is 14.6 Å². The lowest BCUT2D eigenvalue weighted by atomic mass is 10.1. The zero-order chi connectivity index (χ0) is 17.4. The highest BCUT2D eigenvalue weighted by Crippen LogP contribution is 2.23. The molecule has 134 valence electrons. The Bertz CT molecular complexity index is 611. The van der Waals surface area contributed by atoms with Crippen molar-refractivity contribution in [3.8, 4) is 0 Å². The second kappa shape index (κ2) is 9.13. The predicted octanol–water partition coefficient (Wildman–Crippen LogP) is 2.07. The van der Waals surface area contributed by atoms with Gasteiger partial charge >= 0.3 is 0 Å². The maximum Gasteiger partial charge on any atom is 0.221 e. The fraction of sp³-hybridized carbons (Fsp3) is 0.647. The summed E-state index contributed by atoms with van der Waals surface area (Å²) < 4.78 is 25.8. The molecule has 0 saturated heterocycles. The van der Waals surface area contributed by atoms with Crippen LogP contribution < -0.4 is 5.32 Å². The Labute approximate surface area is 144 Å². The second-order valence-electron chi connectivity index (χ2n) is 6.37. The summed E-state index contributed by atoms with van der Waals surface area (Å²) in [4.78, 5) is 16.2. The molecule has 1 aliphatic rings. The van der Waals surface area contributed by atoms with Crippen molar-refractivity contribution in [3.63, 3.8) is 0 Å². The maximum atomic E-state index is 12.1. The SMILES string of the molecule is CS(=O)(=O)N(CCC(=O)NCc1ccccn1)C1CCCCCC1. The van der Waals surface area contributed by atoms with Crippen molar-refractivity contribution in [2.24, 2.45) is 0 Å². The zero-order valence-electron chi connectivity index (χ0n) is 14.3. The molecular formula is C17H27N3O3S. The van der Waals surface area contributed by atoms with Gasteiger partial charge in [0.05, 0.1) is 18.5 Å². The van der Waals surface area contributed by atoms with E-state index in [1.165, 1.54) is 23.4 Å². The van der Waals surface area contributed by atoms with E-state index in [0.717, 1.165) is 31.4 Å². The number of hydrogen-bond donors (Lipinski definition) is 1. The lowest BCUT2D eigenvalue weighted by molar-refractivity contribution is -0.121. The number of amides is 1. The van der Waals surface area contributed by atoms with E-state index in [-0.39, 0.29) is 24.9 Å². The van der Waals surface area contributed by atoms with Gasteiger partial charge in [-0.3, -0.25) is 9.78 Å². The Morgan fingerprint density at radius 1 is 1.25 bits per heavy atom. The molecule has 24 heavy (non-hydrogen) atoms. The van der Waals surface area contributed by atoms with Crippen LogP contribution >= 0.6 is 0 Å². The third-order valence-corrected chi connectivity index (χ3v) is 5.74. The fourth-order valence-corrected chi connectivity index (χ4v) is 4.33. The van der Waals surface area contributed by atoms with Crippen molar-refractivity contribution in [2.45, 2.75) is 57.5 Å². The van der Waals surface area contributed by atoms with Crippen LogP contribution in [0, 0.1) is 0 Å². The third kappa shape index (κ3) is 6.20. The molecule has 0 unspecified atom stereocenters. The summed E-state index contributed by atoms with van der Waals surface area (Å²) in [5.41, 5.74) is 0.787. The summed E-state index contributed by atoms with van der Waals surface area (Å²) in [5.74, 6) is -0.150. The van der Waals surface area contributed by atoms with Crippen LogP contribution in [0.5, 0.6) is 0 Å². The van der Waals surface area contributed by atoms with Gasteiger partial charge in [-0.05, 0) is 25.0 Å². The smallest absolute Gasteiger partial charge is 0.221 e. The Hall–Kier alpha value is -1.47. The van der Waals surface area contributed by atoms with Gasteiger partial charge in [0.1, 0.15) is 0 Å². The monoisotopic (exact) mass is 353 g/mol. The number of sulfonamides is 1. The van der Waals surface area contributed by atoms with E-state index >= 15 is 0 Å². The van der Waals surface area contributed by atoms with Crippen molar-refractivity contribution < 1.29 is 13.2 Å². The molecule has 1 amide bonds. The minimum absolute atomic E-state index is 0.0334. The fourth-order valence-electron chi connectivity index (χ4n) is 3.16. The Balaban J connectivity index is 1.86. The highest BCUT2D eigenvalue weighted by atomic mass is 32.2. The molecule has 0 aromatic carbocycles. The molecule has 0 spiro atoms. The first-order valence-corrected chi connectivity index (χ1v) is 10.4. The number of carbonyl (C=O) groups excluding carboxylic acids is 1. The number of aromatic nitrogens is 1. The van der Waals surface area contributed by atoms with Gasteiger partial charge in [-0.1, -0.05) is 31.7 Å². The van der Waals surface area contributed by atoms with Crippen molar-refractivity contribution in [3.05, 3.63) is 30.1 Å². The van der Waals surface area contributed by atoms with Crippen LogP contribution in [0.2, 0.25) is 0 Å². The first kappa shape index (κ1) is 18.9. The topological polar surface area (TPSA) is 79.4 Å². The minimum Gasteiger partial charge on any atom is -0.350 e. The Kier molecular flexibility index (Phi) is 7.17. The van der Waals surface area contributed by atoms with E-state index in [1.807, 2.05) is 18.2 Å². The number of rotatable bonds is 7. The molecule has 1 saturated carbocycles. The number of carbonyl (C=O) groups is 1. The van der Waals surface area contributed by atoms with E-state index < -0.39 is 10.0 Å². The molecule has 1 heterocycles. The van der Waals surface area contributed by atoms with Gasteiger partial charge in [0, 0.05) is 25.2 Å². The quantitative estimate of drug-likeness (QED) is 0.761. The summed E-state index contributed by atoms with van der Waals surface area (Å²) in [5, 5.41) is 2.80. The second-order valence-corrected chi connectivity index (χ2v) is 8.30. The van der Waals surface area contributed by atoms with Gasteiger partial charge in [-0.2, -0.15) is 4.31 Å². The van der Waals surface area contributed by atoms with Crippen LogP contribution in [0.1, 0.15) is 50.6 Å². The Morgan fingerprint density at radius 2 is 1.96 bits per heavy atom. The summed E-state index contributed by atoms with van der Waals surface area (Å²) in [7, 11) is -3.30. The van der Waals surface area contributed by atoms with Gasteiger partial charge in [-0.25, -0.2) is 8.42 Å². The van der Waals surface area contributed by atoms with Crippen LogP contribution in [0.25, 0.3) is 0 Å². The highest BCUT2D eigenvalue weighted by Gasteiger charge is 2.27. The normalized spacial score (nSPS) is 16.8. The standard InChI is InChI=1S/C17H27N3O3S/c1-24(22,23)20(16-9-4-2-3-5-10-16)13-11-17(21)19-14-15-8-6-7-12-18-15/h6-8,12,16H,2-5,9-11,13-14H2,1H3,(H,19,21). The van der Waals surface area contributed by atoms with Crippen LogP contribution in [0.15, 0.2) is 24.4 Å². The van der Waals surface area contributed by atoms with Crippen LogP contribution in [-0.2, 0) is 21.4 Å². The van der Waals surface area contributed by atoms with Crippen LogP contribution in [0.3, 0.4) is 0 Å². The summed E-state index contributed by atoms with van der Waals surface area (Å²) >= 11 is 0. The average molecular weight is 353 g/mol. The predicted molar refractivity (Wildman–Crippen MR) is 93.7 cm³/mol. The lowest BCUT2D eigenvalue weighted by Gasteiger charge is -2.28. The molecule has 1 aromatic rings. The number of nitrogens with zero attached hydrogens (tertiary/aromatic N) is 2. The molecule has 0 atom stereocenters. The largest absolute Gasteiger partial charge is 0.350 e. The minimum atomic E-state index is -3.30. The average Bonchev–Trinajstić information content (AvgIpc) is 2.82. The van der Waals surface area contributed by atoms with Crippen LogP contribution in [-0.4, -0.2) is 42.5 Å². The third-order valence-electron chi connectivity index (χ3n) is 4.41. The maximum absolute atomic E-state index is 12.1. The molecule has 1 aromatic heterocycles. The highest BCUT2D eigenvalue weighted by molar-refractivity contribution is 7.88. The van der Waals surface area contributed by atoms with E-state index in [2.05, 4.69) is 10.3 Å². The van der Waals surface area contributed by atoms with Gasteiger partial charge in [0.2, 0.25) is 15.9 Å². The molecule has 7 heteroatoms. The first-order valence-electron chi connectivity index (χ1n) is 8.60. The summed E-state index contributed by atoms with van der Waals surface area (Å²) in [6.45, 7) is 0.611. The zero-order valence-corrected chi connectivity index (χ0v) is 15.1. The molecule has 1 fully saturated rings. The van der Waals surface area contributed by atoms with E-state index in [4.69, 9.17) is 0 Å². The molecular weight excluding hydrogens is 326 g/mol. The molecule has 0 bridgehead atoms. The van der Waals surface area contributed by atoms with Crippen molar-refractivity contribution in [1.29, 1.82) is 0 Å². The Morgan fingerprint density at radius 3 is 2.54 bits per heavy atom. The number of pyridine rings is 1. The molecule has 2 rings (SSSR count). The summed E-state index contributed by atoms with van der Waals surface area (Å²) in [6.07, 6.45) is 9.33. The van der Waals surface area contributed by atoms with Gasteiger partial charge in [-0.15, -0.1) is 0 Å². The van der Waals surface area contributed by atoms with E-state index in [1.54, 1.807) is 6.20 Å². The first-order chi connectivity index (χ1) is 11.5. The molecule has 0 radical (unpaired) electrons. The number of hydrogen-bond acceptors (Lipinski definition) is 4.